The number of sulfonamides is 1. The maximum Gasteiger partial charge on any atom is 0.344 e. The molecule has 8 nitrogen and oxygen atoms in total. The van der Waals surface area contributed by atoms with Gasteiger partial charge in [-0.25, -0.2) is 18.5 Å². The van der Waals surface area contributed by atoms with E-state index in [2.05, 4.69) is 53.8 Å². The van der Waals surface area contributed by atoms with Gasteiger partial charge in [0.05, 0.1) is 11.3 Å². The number of hydrogen-bond acceptors (Lipinski definition) is 4. The Morgan fingerprint density at radius 3 is 2.09 bits per heavy atom. The van der Waals surface area contributed by atoms with Crippen molar-refractivity contribution in [2.45, 2.75) is 4.90 Å². The zero-order chi connectivity index (χ0) is 17.0. The Hall–Kier alpha value is -2.91. The quantitative estimate of drug-likeness (QED) is 0.306. The molecule has 0 aliphatic carbocycles. The molecule has 0 aliphatic rings. The molecule has 0 bridgehead atoms. The van der Waals surface area contributed by atoms with Crippen molar-refractivity contribution < 1.29 is 17.9 Å². The highest BCUT2D eigenvalue weighted by Gasteiger charge is 2.13. The van der Waals surface area contributed by atoms with Crippen molar-refractivity contribution in [1.82, 2.24) is 21.6 Å². The minimum Gasteiger partial charge on any atom is -0.422 e. The fourth-order valence-electron chi connectivity index (χ4n) is 1.19. The third kappa shape index (κ3) is 4.53. The summed E-state index contributed by atoms with van der Waals surface area (Å²) in [7, 11) is -4.25. The Bertz CT molecular complexity index is 830. The van der Waals surface area contributed by atoms with Crippen LogP contribution in [-0.2, 0) is 10.0 Å². The van der Waals surface area contributed by atoms with Crippen molar-refractivity contribution in [3.05, 3.63) is 54.1 Å². The molecule has 108 valence electrons. The lowest BCUT2D eigenvalue weighted by Crippen LogP contribution is -2.13. The zero-order valence-corrected chi connectivity index (χ0v) is 11.8. The average Bonchev–Trinajstić information content (AvgIpc) is 2.47. The molecule has 0 spiro atoms. The third-order valence-corrected chi connectivity index (χ3v) is 2.82. The van der Waals surface area contributed by atoms with Crippen LogP contribution in [0.2, 0.25) is 0 Å². The molecule has 0 saturated heterocycles. The van der Waals surface area contributed by atoms with Gasteiger partial charge in [-0.2, -0.15) is 0 Å². The molecule has 0 heterocycles. The SMILES string of the molecule is [N]=C([NH])[N]c1[c][c]c(C(=O)Oc2[c][c]c(S([NH])(=O)=O)[c][c]2)[c][c]1. The van der Waals surface area contributed by atoms with Gasteiger partial charge >= 0.3 is 5.97 Å². The minimum atomic E-state index is -4.25. The number of benzene rings is 2. The van der Waals surface area contributed by atoms with E-state index in [9.17, 15) is 13.2 Å². The highest BCUT2D eigenvalue weighted by atomic mass is 32.2. The van der Waals surface area contributed by atoms with Crippen LogP contribution in [0, 0.1) is 48.5 Å². The number of nitrogens with zero attached hydrogens (tertiary/aromatic N) is 2. The zero-order valence-electron chi connectivity index (χ0n) is 10.9. The van der Waals surface area contributed by atoms with Crippen LogP contribution in [0.1, 0.15) is 10.4 Å². The van der Waals surface area contributed by atoms with E-state index in [1.165, 1.54) is 0 Å². The van der Waals surface area contributed by atoms with Crippen LogP contribution in [0.25, 0.3) is 0 Å². The smallest absolute Gasteiger partial charge is 0.344 e. The topological polar surface area (TPSA) is 144 Å². The summed E-state index contributed by atoms with van der Waals surface area (Å²) in [4.78, 5) is 11.2. The monoisotopic (exact) mass is 322 g/mol. The molecule has 0 atom stereocenters. The fraction of sp³-hybridized carbons (Fsp3) is 0. The summed E-state index contributed by atoms with van der Waals surface area (Å²) < 4.78 is 26.6. The van der Waals surface area contributed by atoms with Gasteiger partial charge in [-0.1, -0.05) is 0 Å². The van der Waals surface area contributed by atoms with Crippen molar-refractivity contribution >= 4 is 27.6 Å². The predicted octanol–water partition coefficient (Wildman–Crippen LogP) is -1.05. The van der Waals surface area contributed by atoms with Gasteiger partial charge in [0.1, 0.15) is 10.6 Å². The molecule has 0 aromatic heterocycles. The first-order valence-corrected chi connectivity index (χ1v) is 7.01. The summed E-state index contributed by atoms with van der Waals surface area (Å²) in [6, 6.07) is 18.0. The maximum atomic E-state index is 11.8. The number of carbonyl (C=O) groups is 1. The van der Waals surface area contributed by atoms with Crippen LogP contribution >= 0.6 is 0 Å². The van der Waals surface area contributed by atoms with Crippen LogP contribution in [0.3, 0.4) is 0 Å². The first kappa shape index (κ1) is 16.5. The molecule has 0 fully saturated rings. The lowest BCUT2D eigenvalue weighted by atomic mass is 10.2. The van der Waals surface area contributed by atoms with Crippen LogP contribution < -0.4 is 26.3 Å². The Balaban J connectivity index is 2.08. The lowest BCUT2D eigenvalue weighted by molar-refractivity contribution is 0.0733. The van der Waals surface area contributed by atoms with E-state index in [-0.39, 0.29) is 17.0 Å². The molecule has 12 radical (unpaired) electrons. The highest BCUT2D eigenvalue weighted by molar-refractivity contribution is 7.88. The molecular formula is C14H2N4O4S. The normalized spacial score (nSPS) is 10.8. The first-order valence-electron chi connectivity index (χ1n) is 5.52. The number of nitrogens with one attached hydrogen (secondary N) is 2. The molecule has 2 N–H and O–H groups in total. The summed E-state index contributed by atoms with van der Waals surface area (Å²) in [5.41, 5.74) is 6.44. The van der Waals surface area contributed by atoms with Crippen LogP contribution in [0.15, 0.2) is 4.90 Å². The molecule has 23 heavy (non-hydrogen) atoms. The largest absolute Gasteiger partial charge is 0.422 e. The Morgan fingerprint density at radius 1 is 1.04 bits per heavy atom. The number of hydrogen-bond donors (Lipinski definition) is 0. The van der Waals surface area contributed by atoms with E-state index < -0.39 is 26.8 Å². The van der Waals surface area contributed by atoms with Crippen molar-refractivity contribution in [1.29, 1.82) is 0 Å². The van der Waals surface area contributed by atoms with Gasteiger partial charge in [0, 0.05) is 48.5 Å². The number of guanidine groups is 1. The highest BCUT2D eigenvalue weighted by Crippen LogP contribution is 2.15. The van der Waals surface area contributed by atoms with E-state index >= 15 is 0 Å². The van der Waals surface area contributed by atoms with Gasteiger partial charge in [0.15, 0.2) is 0 Å². The molecule has 2 aromatic carbocycles. The van der Waals surface area contributed by atoms with Gasteiger partial charge in [-0.15, -0.1) is 10.5 Å². The van der Waals surface area contributed by atoms with Crippen LogP contribution in [0.4, 0.5) is 5.69 Å². The standard InChI is InChI=1S/C14H2N4O4S/c15-14(16)18-10-3-1-9(2-4-10)13(19)22-11-5-7-12(8-6-11)23(17,20)21/h15,17H. The summed E-state index contributed by atoms with van der Waals surface area (Å²) in [5.74, 6) is -2.21. The molecule has 0 saturated carbocycles. The average molecular weight is 322 g/mol. The molecule has 0 unspecified atom stereocenters. The summed E-state index contributed by atoms with van der Waals surface area (Å²) in [6.45, 7) is 0. The van der Waals surface area contributed by atoms with Crippen molar-refractivity contribution in [3.8, 4) is 5.75 Å². The van der Waals surface area contributed by atoms with Gasteiger partial charge in [0.2, 0.25) is 0 Å². The molecule has 0 aliphatic heterocycles. The van der Waals surface area contributed by atoms with Gasteiger partial charge in [0.25, 0.3) is 16.0 Å². The number of carbonyl (C=O) groups excluding carboxylic acids is 1. The Kier molecular flexibility index (Phi) is 4.63. The van der Waals surface area contributed by atoms with Gasteiger partial charge in [-0.3, -0.25) is 5.73 Å². The fourth-order valence-corrected chi connectivity index (χ4v) is 1.56. The van der Waals surface area contributed by atoms with Crippen LogP contribution in [-0.4, -0.2) is 20.3 Å². The number of esters is 1. The summed E-state index contributed by atoms with van der Waals surface area (Å²) >= 11 is 0. The van der Waals surface area contributed by atoms with E-state index in [1.54, 1.807) is 0 Å². The molecule has 2 rings (SSSR count). The first-order chi connectivity index (χ1) is 10.8. The van der Waals surface area contributed by atoms with Crippen molar-refractivity contribution in [2.75, 3.05) is 0 Å². The van der Waals surface area contributed by atoms with E-state index in [1.807, 2.05) is 0 Å². The van der Waals surface area contributed by atoms with Crippen LogP contribution in [0.5, 0.6) is 5.75 Å². The Labute approximate surface area is 132 Å². The second-order valence-corrected chi connectivity index (χ2v) is 5.13. The third-order valence-electron chi connectivity index (χ3n) is 2.08. The number of rotatable bonds is 4. The molecule has 2 aromatic rings. The van der Waals surface area contributed by atoms with Crippen molar-refractivity contribution in [2.24, 2.45) is 0 Å². The second-order valence-electron chi connectivity index (χ2n) is 3.71. The molecule has 0 amide bonds. The lowest BCUT2D eigenvalue weighted by Gasteiger charge is -2.03. The van der Waals surface area contributed by atoms with E-state index in [0.29, 0.717) is 0 Å². The Morgan fingerprint density at radius 2 is 1.61 bits per heavy atom. The molecular weight excluding hydrogens is 320 g/mol. The summed E-state index contributed by atoms with van der Waals surface area (Å²) in [5, 5.41) is 18.7. The minimum absolute atomic E-state index is 0.0844. The predicted molar refractivity (Wildman–Crippen MR) is 70.8 cm³/mol. The number of ether oxygens (including phenoxy) is 1. The second kappa shape index (κ2) is 6.46. The van der Waals surface area contributed by atoms with Crippen molar-refractivity contribution in [3.63, 3.8) is 0 Å². The molecule has 9 heteroatoms. The van der Waals surface area contributed by atoms with Gasteiger partial charge in [-0.05, 0) is 0 Å². The maximum absolute atomic E-state index is 11.8. The van der Waals surface area contributed by atoms with E-state index in [0.717, 1.165) is 0 Å². The summed E-state index contributed by atoms with van der Waals surface area (Å²) in [6.07, 6.45) is 0. The van der Waals surface area contributed by atoms with E-state index in [4.69, 9.17) is 21.0 Å². The van der Waals surface area contributed by atoms with Gasteiger partial charge < -0.3 is 4.74 Å².